The third kappa shape index (κ3) is 1.75. The van der Waals surface area contributed by atoms with Crippen LogP contribution in [0.2, 0.25) is 0 Å². The van der Waals surface area contributed by atoms with Crippen molar-refractivity contribution in [1.82, 2.24) is 0 Å². The fourth-order valence-electron chi connectivity index (χ4n) is 3.13. The summed E-state index contributed by atoms with van der Waals surface area (Å²) in [4.78, 5) is 4.52. The Balaban J connectivity index is 2.09. The van der Waals surface area contributed by atoms with Crippen molar-refractivity contribution in [1.29, 1.82) is 0 Å². The summed E-state index contributed by atoms with van der Waals surface area (Å²) in [6, 6.07) is 10.5. The summed E-state index contributed by atoms with van der Waals surface area (Å²) in [5.41, 5.74) is 6.49. The molecular formula is C19H17N2O+. The lowest BCUT2D eigenvalue weighted by Gasteiger charge is -1.95. The lowest BCUT2D eigenvalue weighted by atomic mass is 10.0. The van der Waals surface area contributed by atoms with E-state index < -0.39 is 0 Å². The van der Waals surface area contributed by atoms with E-state index in [9.17, 15) is 0 Å². The van der Waals surface area contributed by atoms with Gasteiger partial charge in [-0.3, -0.25) is 0 Å². The third-order valence-electron chi connectivity index (χ3n) is 4.03. The zero-order valence-electron chi connectivity index (χ0n) is 12.8. The fraction of sp³-hybridized carbons (Fsp3) is 0.158. The molecule has 0 bridgehead atoms. The molecule has 0 unspecified atom stereocenters. The van der Waals surface area contributed by atoms with Crippen LogP contribution in [0.5, 0.6) is 0 Å². The van der Waals surface area contributed by atoms with Gasteiger partial charge in [0.15, 0.2) is 18.3 Å². The minimum absolute atomic E-state index is 0.646. The van der Waals surface area contributed by atoms with E-state index in [-0.39, 0.29) is 0 Å². The van der Waals surface area contributed by atoms with E-state index in [2.05, 4.69) is 52.7 Å². The van der Waals surface area contributed by atoms with E-state index in [0.29, 0.717) is 5.88 Å². The van der Waals surface area contributed by atoms with Crippen molar-refractivity contribution in [2.75, 3.05) is 0 Å². The highest BCUT2D eigenvalue weighted by Gasteiger charge is 2.30. The second kappa shape index (κ2) is 4.67. The lowest BCUT2D eigenvalue weighted by molar-refractivity contribution is -0.672. The Morgan fingerprint density at radius 1 is 1.27 bits per heavy atom. The Morgan fingerprint density at radius 2 is 2.14 bits per heavy atom. The van der Waals surface area contributed by atoms with Crippen LogP contribution in [0.4, 0.5) is 5.88 Å². The number of aliphatic imine (C=N–C) groups is 1. The molecule has 1 aromatic carbocycles. The minimum atomic E-state index is 0.646. The van der Waals surface area contributed by atoms with Crippen LogP contribution in [0, 0.1) is 0 Å². The van der Waals surface area contributed by atoms with Crippen LogP contribution in [0.1, 0.15) is 25.0 Å². The maximum atomic E-state index is 6.13. The topological polar surface area (TPSA) is 29.4 Å². The van der Waals surface area contributed by atoms with Crippen molar-refractivity contribution in [3.63, 3.8) is 0 Å². The summed E-state index contributed by atoms with van der Waals surface area (Å²) in [7, 11) is 0. The van der Waals surface area contributed by atoms with Crippen molar-refractivity contribution in [2.24, 2.45) is 4.99 Å². The first-order valence-corrected chi connectivity index (χ1v) is 7.40. The number of pyridine rings is 1. The Kier molecular flexibility index (Phi) is 2.76. The van der Waals surface area contributed by atoms with Gasteiger partial charge < -0.3 is 4.42 Å². The fourth-order valence-corrected chi connectivity index (χ4v) is 3.13. The lowest BCUT2D eigenvalue weighted by Crippen LogP contribution is -2.31. The van der Waals surface area contributed by atoms with E-state index in [1.165, 1.54) is 16.8 Å². The van der Waals surface area contributed by atoms with Crippen LogP contribution in [-0.2, 0) is 6.54 Å². The van der Waals surface area contributed by atoms with Gasteiger partial charge in [0.25, 0.3) is 0 Å². The average molecular weight is 289 g/mol. The van der Waals surface area contributed by atoms with Crippen LogP contribution < -0.4 is 4.57 Å². The van der Waals surface area contributed by atoms with Gasteiger partial charge in [0.1, 0.15) is 0 Å². The predicted octanol–water partition coefficient (Wildman–Crippen LogP) is 4.50. The molecule has 3 heteroatoms. The molecule has 3 aromatic rings. The molecule has 0 radical (unpaired) electrons. The van der Waals surface area contributed by atoms with E-state index in [0.717, 1.165) is 28.8 Å². The summed E-state index contributed by atoms with van der Waals surface area (Å²) in [5.74, 6) is 0.646. The number of furan rings is 1. The largest absolute Gasteiger partial charge is 0.437 e. The molecule has 0 spiro atoms. The molecule has 108 valence electrons. The molecule has 0 saturated heterocycles. The summed E-state index contributed by atoms with van der Waals surface area (Å²) < 4.78 is 8.37. The molecule has 0 aliphatic carbocycles. The van der Waals surface area contributed by atoms with Gasteiger partial charge in [0.05, 0.1) is 5.56 Å². The van der Waals surface area contributed by atoms with Gasteiger partial charge in [-0.05, 0) is 26.0 Å². The average Bonchev–Trinajstić information content (AvgIpc) is 3.03. The first-order valence-electron chi connectivity index (χ1n) is 7.40. The number of fused-ring (bicyclic) bond motifs is 5. The number of rotatable bonds is 2. The highest BCUT2D eigenvalue weighted by atomic mass is 16.3. The zero-order valence-corrected chi connectivity index (χ0v) is 12.8. The standard InChI is InChI=1S/C19H17N2O/c1-4-14-15-9-8-13-11-21-10-6-5-7-16(21)17(13)18(15)22-19(14)20-12(2)3/h4-10H,1,11H2,2-3H3/q+1. The number of hydrogen-bond acceptors (Lipinski definition) is 2. The van der Waals surface area contributed by atoms with Crippen LogP contribution in [0.15, 0.2) is 52.5 Å². The van der Waals surface area contributed by atoms with Gasteiger partial charge in [-0.1, -0.05) is 18.7 Å². The van der Waals surface area contributed by atoms with E-state index in [1.807, 2.05) is 19.9 Å². The molecule has 3 heterocycles. The molecule has 4 rings (SSSR count). The number of aromatic nitrogens is 1. The number of nitrogens with zero attached hydrogens (tertiary/aromatic N) is 2. The maximum Gasteiger partial charge on any atom is 0.227 e. The number of hydrogen-bond donors (Lipinski definition) is 0. The highest BCUT2D eigenvalue weighted by molar-refractivity contribution is 6.01. The smallest absolute Gasteiger partial charge is 0.227 e. The van der Waals surface area contributed by atoms with Crippen LogP contribution in [0.25, 0.3) is 28.3 Å². The van der Waals surface area contributed by atoms with Crippen molar-refractivity contribution in [3.05, 3.63) is 54.2 Å². The maximum absolute atomic E-state index is 6.13. The van der Waals surface area contributed by atoms with Gasteiger partial charge in [0, 0.05) is 34.4 Å². The summed E-state index contributed by atoms with van der Waals surface area (Å²) in [6.07, 6.45) is 3.93. The summed E-state index contributed by atoms with van der Waals surface area (Å²) in [5, 5.41) is 1.08. The summed E-state index contributed by atoms with van der Waals surface area (Å²) >= 11 is 0. The Morgan fingerprint density at radius 3 is 2.91 bits per heavy atom. The molecule has 2 aromatic heterocycles. The van der Waals surface area contributed by atoms with Crippen LogP contribution in [0.3, 0.4) is 0 Å². The molecule has 0 saturated carbocycles. The minimum Gasteiger partial charge on any atom is -0.437 e. The van der Waals surface area contributed by atoms with Gasteiger partial charge in [0.2, 0.25) is 11.6 Å². The Labute approximate surface area is 129 Å². The molecule has 0 atom stereocenters. The second-order valence-corrected chi connectivity index (χ2v) is 5.77. The normalized spacial score (nSPS) is 12.1. The molecule has 22 heavy (non-hydrogen) atoms. The Bertz CT molecular complexity index is 943. The van der Waals surface area contributed by atoms with Crippen LogP contribution in [-0.4, -0.2) is 5.71 Å². The van der Waals surface area contributed by atoms with Gasteiger partial charge in [-0.25, -0.2) is 4.99 Å². The van der Waals surface area contributed by atoms with Gasteiger partial charge in [-0.15, -0.1) is 0 Å². The quantitative estimate of drug-likeness (QED) is 0.394. The molecule has 1 aliphatic heterocycles. The van der Waals surface area contributed by atoms with Crippen molar-refractivity contribution in [3.8, 4) is 11.3 Å². The number of benzene rings is 1. The van der Waals surface area contributed by atoms with Crippen LogP contribution >= 0.6 is 0 Å². The van der Waals surface area contributed by atoms with Crippen molar-refractivity contribution in [2.45, 2.75) is 20.4 Å². The molecular weight excluding hydrogens is 272 g/mol. The van der Waals surface area contributed by atoms with E-state index in [1.54, 1.807) is 0 Å². The summed E-state index contributed by atoms with van der Waals surface area (Å²) in [6.45, 7) is 8.75. The molecule has 1 aliphatic rings. The molecule has 0 fully saturated rings. The SMILES string of the molecule is C=Cc1c(N=C(C)C)oc2c3c(ccc12)C[n+]1ccccc1-3. The predicted molar refractivity (Wildman–Crippen MR) is 89.5 cm³/mol. The van der Waals surface area contributed by atoms with E-state index in [4.69, 9.17) is 4.42 Å². The zero-order chi connectivity index (χ0) is 15.3. The third-order valence-corrected chi connectivity index (χ3v) is 4.03. The first kappa shape index (κ1) is 13.0. The van der Waals surface area contributed by atoms with Crippen molar-refractivity contribution < 1.29 is 8.98 Å². The first-order chi connectivity index (χ1) is 10.7. The van der Waals surface area contributed by atoms with Crippen molar-refractivity contribution >= 4 is 28.6 Å². The van der Waals surface area contributed by atoms with E-state index >= 15 is 0 Å². The second-order valence-electron chi connectivity index (χ2n) is 5.77. The van der Waals surface area contributed by atoms with Gasteiger partial charge >= 0.3 is 0 Å². The molecule has 0 N–H and O–H groups in total. The molecule has 3 nitrogen and oxygen atoms in total. The highest BCUT2D eigenvalue weighted by Crippen LogP contribution is 2.41. The molecule has 0 amide bonds. The monoisotopic (exact) mass is 289 g/mol. The Hall–Kier alpha value is -2.68. The van der Waals surface area contributed by atoms with Gasteiger partial charge in [-0.2, -0.15) is 4.57 Å².